The maximum atomic E-state index is 12.4. The first kappa shape index (κ1) is 23.9. The van der Waals surface area contributed by atoms with E-state index in [1.165, 1.54) is 7.11 Å². The molecule has 0 fully saturated rings. The van der Waals surface area contributed by atoms with Crippen molar-refractivity contribution in [3.05, 3.63) is 68.7 Å². The van der Waals surface area contributed by atoms with Crippen LogP contribution in [-0.4, -0.2) is 24.2 Å². The molecule has 0 saturated heterocycles. The maximum absolute atomic E-state index is 12.4. The van der Waals surface area contributed by atoms with Gasteiger partial charge in [-0.3, -0.25) is 4.79 Å². The molecule has 4 nitrogen and oxygen atoms in total. The SMILES string of the molecule is CCCc1cc(C)cc(Cl)c1C(c1cccc(C(=O)O)c1C)C(C)C(C)C(=O)OC. The summed E-state index contributed by atoms with van der Waals surface area (Å²) in [6, 6.07) is 9.39. The highest BCUT2D eigenvalue weighted by atomic mass is 35.5. The largest absolute Gasteiger partial charge is 0.478 e. The Morgan fingerprint density at radius 1 is 1.17 bits per heavy atom. The summed E-state index contributed by atoms with van der Waals surface area (Å²) in [7, 11) is 1.39. The molecule has 1 N–H and O–H groups in total. The number of ether oxygens (including phenoxy) is 1. The predicted octanol–water partition coefficient (Wildman–Crippen LogP) is 6.18. The highest BCUT2D eigenvalue weighted by Gasteiger charge is 2.34. The number of hydrogen-bond acceptors (Lipinski definition) is 3. The smallest absolute Gasteiger partial charge is 0.335 e. The van der Waals surface area contributed by atoms with E-state index < -0.39 is 5.97 Å². The van der Waals surface area contributed by atoms with Gasteiger partial charge < -0.3 is 9.84 Å². The van der Waals surface area contributed by atoms with Crippen molar-refractivity contribution >= 4 is 23.5 Å². The number of halogens is 1. The van der Waals surface area contributed by atoms with E-state index in [0.29, 0.717) is 10.6 Å². The quantitative estimate of drug-likeness (QED) is 0.507. The van der Waals surface area contributed by atoms with Gasteiger partial charge in [-0.1, -0.05) is 57.0 Å². The van der Waals surface area contributed by atoms with Crippen LogP contribution in [0.15, 0.2) is 30.3 Å². The lowest BCUT2D eigenvalue weighted by atomic mass is 9.72. The van der Waals surface area contributed by atoms with Gasteiger partial charge in [-0.15, -0.1) is 0 Å². The van der Waals surface area contributed by atoms with Crippen molar-refractivity contribution < 1.29 is 19.4 Å². The summed E-state index contributed by atoms with van der Waals surface area (Å²) >= 11 is 6.80. The van der Waals surface area contributed by atoms with Gasteiger partial charge in [-0.05, 0) is 66.1 Å². The van der Waals surface area contributed by atoms with Gasteiger partial charge in [0.05, 0.1) is 18.6 Å². The number of carbonyl (C=O) groups excluding carboxylic acids is 1. The maximum Gasteiger partial charge on any atom is 0.335 e. The molecule has 3 unspecified atom stereocenters. The van der Waals surface area contributed by atoms with Crippen molar-refractivity contribution in [1.29, 1.82) is 0 Å². The number of benzene rings is 2. The molecule has 0 aliphatic heterocycles. The highest BCUT2D eigenvalue weighted by Crippen LogP contribution is 2.43. The molecule has 0 bridgehead atoms. The van der Waals surface area contributed by atoms with Crippen LogP contribution in [0.25, 0.3) is 0 Å². The van der Waals surface area contributed by atoms with Crippen molar-refractivity contribution in [3.8, 4) is 0 Å². The molecule has 5 heteroatoms. The first-order valence-corrected chi connectivity index (χ1v) is 10.7. The Kier molecular flexibility index (Phi) is 8.08. The van der Waals surface area contributed by atoms with Gasteiger partial charge >= 0.3 is 11.9 Å². The lowest BCUT2D eigenvalue weighted by molar-refractivity contribution is -0.146. The van der Waals surface area contributed by atoms with E-state index in [9.17, 15) is 14.7 Å². The van der Waals surface area contributed by atoms with Crippen LogP contribution in [-0.2, 0) is 16.0 Å². The van der Waals surface area contributed by atoms with E-state index in [4.69, 9.17) is 16.3 Å². The summed E-state index contributed by atoms with van der Waals surface area (Å²) in [5.41, 5.74) is 5.01. The van der Waals surface area contributed by atoms with Crippen LogP contribution in [0.4, 0.5) is 0 Å². The molecule has 2 rings (SSSR count). The Morgan fingerprint density at radius 2 is 1.83 bits per heavy atom. The fourth-order valence-corrected chi connectivity index (χ4v) is 4.67. The van der Waals surface area contributed by atoms with E-state index in [2.05, 4.69) is 13.0 Å². The molecule has 2 aromatic carbocycles. The van der Waals surface area contributed by atoms with E-state index in [1.54, 1.807) is 12.1 Å². The minimum Gasteiger partial charge on any atom is -0.478 e. The topological polar surface area (TPSA) is 63.6 Å². The average Bonchev–Trinajstić information content (AvgIpc) is 2.69. The number of methoxy groups -OCH3 is 1. The zero-order valence-electron chi connectivity index (χ0n) is 18.6. The lowest BCUT2D eigenvalue weighted by Gasteiger charge is -2.32. The Labute approximate surface area is 184 Å². The number of esters is 1. The zero-order valence-corrected chi connectivity index (χ0v) is 19.3. The predicted molar refractivity (Wildman–Crippen MR) is 121 cm³/mol. The molecule has 0 aromatic heterocycles. The Balaban J connectivity index is 2.82. The summed E-state index contributed by atoms with van der Waals surface area (Å²) < 4.78 is 5.01. The van der Waals surface area contributed by atoms with Gasteiger partial charge in [0.25, 0.3) is 0 Å². The third kappa shape index (κ3) is 4.86. The minimum atomic E-state index is -0.967. The second-order valence-electron chi connectivity index (χ2n) is 8.04. The summed E-state index contributed by atoms with van der Waals surface area (Å²) in [5, 5.41) is 10.3. The molecule has 0 aliphatic carbocycles. The molecule has 30 heavy (non-hydrogen) atoms. The molecule has 0 aliphatic rings. The van der Waals surface area contributed by atoms with Crippen molar-refractivity contribution in [2.24, 2.45) is 11.8 Å². The summed E-state index contributed by atoms with van der Waals surface area (Å²) in [4.78, 5) is 24.2. The minimum absolute atomic E-state index is 0.156. The second kappa shape index (κ2) is 10.1. The summed E-state index contributed by atoms with van der Waals surface area (Å²) in [5.74, 6) is -2.05. The molecular weight excluding hydrogens is 400 g/mol. The van der Waals surface area contributed by atoms with Crippen molar-refractivity contribution in [1.82, 2.24) is 0 Å². The second-order valence-corrected chi connectivity index (χ2v) is 8.45. The first-order chi connectivity index (χ1) is 14.1. The summed E-state index contributed by atoms with van der Waals surface area (Å²) in [6.45, 7) is 9.81. The van der Waals surface area contributed by atoms with Crippen LogP contribution in [0, 0.1) is 25.7 Å². The van der Waals surface area contributed by atoms with Crippen LogP contribution >= 0.6 is 11.6 Å². The van der Waals surface area contributed by atoms with Crippen molar-refractivity contribution in [2.45, 2.75) is 53.4 Å². The zero-order chi connectivity index (χ0) is 22.6. The summed E-state index contributed by atoms with van der Waals surface area (Å²) in [6.07, 6.45) is 1.80. The van der Waals surface area contributed by atoms with Crippen LogP contribution in [0.2, 0.25) is 5.02 Å². The van der Waals surface area contributed by atoms with Gasteiger partial charge in [-0.25, -0.2) is 4.79 Å². The monoisotopic (exact) mass is 430 g/mol. The van der Waals surface area contributed by atoms with Crippen LogP contribution < -0.4 is 0 Å². The fourth-order valence-electron chi connectivity index (χ4n) is 4.26. The molecule has 2 aromatic rings. The van der Waals surface area contributed by atoms with E-state index in [0.717, 1.165) is 35.1 Å². The van der Waals surface area contributed by atoms with Crippen LogP contribution in [0.5, 0.6) is 0 Å². The lowest BCUT2D eigenvalue weighted by Crippen LogP contribution is -2.27. The third-order valence-electron chi connectivity index (χ3n) is 6.02. The molecule has 0 heterocycles. The Hall–Kier alpha value is -2.33. The standard InChI is InChI=1S/C25H31ClO4/c1-7-9-18-12-14(2)13-21(26)23(18)22(15(3)16(4)25(29)30-6)19-10-8-11-20(17(19)5)24(27)28/h8,10-13,15-16,22H,7,9H2,1-6H3,(H,27,28). The molecule has 162 valence electrons. The molecule has 0 radical (unpaired) electrons. The molecule has 3 atom stereocenters. The number of carboxylic acids is 1. The average molecular weight is 431 g/mol. The number of carbonyl (C=O) groups is 2. The molecule has 0 spiro atoms. The van der Waals surface area contributed by atoms with Gasteiger partial charge in [0.1, 0.15) is 0 Å². The van der Waals surface area contributed by atoms with E-state index in [1.807, 2.05) is 39.8 Å². The van der Waals surface area contributed by atoms with Crippen LogP contribution in [0.1, 0.15) is 71.3 Å². The number of aromatic carboxylic acids is 1. The molecule has 0 amide bonds. The number of hydrogen-bond donors (Lipinski definition) is 1. The number of rotatable bonds is 8. The van der Waals surface area contributed by atoms with Gasteiger partial charge in [0.2, 0.25) is 0 Å². The number of aryl methyl sites for hydroxylation is 2. The third-order valence-corrected chi connectivity index (χ3v) is 6.33. The number of carboxylic acid groups (broad SMARTS) is 1. The van der Waals surface area contributed by atoms with E-state index >= 15 is 0 Å². The van der Waals surface area contributed by atoms with Gasteiger partial charge in [0, 0.05) is 10.9 Å². The van der Waals surface area contributed by atoms with Crippen LogP contribution in [0.3, 0.4) is 0 Å². The molecular formula is C25H31ClO4. The van der Waals surface area contributed by atoms with Crippen molar-refractivity contribution in [2.75, 3.05) is 7.11 Å². The van der Waals surface area contributed by atoms with Gasteiger partial charge in [-0.2, -0.15) is 0 Å². The van der Waals surface area contributed by atoms with Crippen molar-refractivity contribution in [3.63, 3.8) is 0 Å². The Bertz CT molecular complexity index is 935. The van der Waals surface area contributed by atoms with E-state index in [-0.39, 0.29) is 29.3 Å². The molecule has 0 saturated carbocycles. The van der Waals surface area contributed by atoms with Gasteiger partial charge in [0.15, 0.2) is 0 Å². The fraction of sp³-hybridized carbons (Fsp3) is 0.440. The normalized spacial score (nSPS) is 14.1. The highest BCUT2D eigenvalue weighted by molar-refractivity contribution is 6.31. The first-order valence-electron chi connectivity index (χ1n) is 10.3. The Morgan fingerprint density at radius 3 is 2.40 bits per heavy atom.